The van der Waals surface area contributed by atoms with Crippen molar-refractivity contribution in [2.24, 2.45) is 11.8 Å². The zero-order valence-electron chi connectivity index (χ0n) is 19.7. The smallest absolute Gasteiger partial charge is 0.463 e. The zero-order valence-corrected chi connectivity index (χ0v) is 19.7. The number of ether oxygens (including phenoxy) is 4. The number of hydrogen-bond donors (Lipinski definition) is 1. The number of nitrogens with zero attached hydrogens (tertiary/aromatic N) is 2. The SMILES string of the molecule is CCC(CC)C(=O)OC[C@H]1O[C@@H](n2ccc(NOC(=O)C(CC)CC)nc2=O)[C@@H]2OC(=O)O[C@@H]21. The van der Waals surface area contributed by atoms with Crippen molar-refractivity contribution in [1.82, 2.24) is 9.55 Å². The van der Waals surface area contributed by atoms with Gasteiger partial charge in [-0.05, 0) is 25.7 Å². The molecule has 1 aromatic heterocycles. The molecule has 0 unspecified atom stereocenters. The Morgan fingerprint density at radius 3 is 2.26 bits per heavy atom. The van der Waals surface area contributed by atoms with Crippen molar-refractivity contribution in [2.45, 2.75) is 77.9 Å². The second-order valence-corrected chi connectivity index (χ2v) is 8.16. The fraction of sp³-hybridized carbons (Fsp3) is 0.682. The minimum atomic E-state index is -1.03. The fourth-order valence-corrected chi connectivity index (χ4v) is 3.96. The Kier molecular flexibility index (Phi) is 8.48. The van der Waals surface area contributed by atoms with Crippen molar-refractivity contribution in [3.63, 3.8) is 0 Å². The lowest BCUT2D eigenvalue weighted by molar-refractivity contribution is -0.155. The predicted molar refractivity (Wildman–Crippen MR) is 116 cm³/mol. The van der Waals surface area contributed by atoms with Gasteiger partial charge in [-0.2, -0.15) is 4.98 Å². The van der Waals surface area contributed by atoms with Gasteiger partial charge in [0.1, 0.15) is 12.7 Å². The summed E-state index contributed by atoms with van der Waals surface area (Å²) >= 11 is 0. The van der Waals surface area contributed by atoms with E-state index in [1.165, 1.54) is 12.3 Å². The molecule has 12 nitrogen and oxygen atoms in total. The van der Waals surface area contributed by atoms with Crippen molar-refractivity contribution in [2.75, 3.05) is 12.1 Å². The molecule has 0 aliphatic carbocycles. The van der Waals surface area contributed by atoms with E-state index in [2.05, 4.69) is 10.5 Å². The van der Waals surface area contributed by atoms with Gasteiger partial charge in [0.15, 0.2) is 24.3 Å². The molecule has 34 heavy (non-hydrogen) atoms. The van der Waals surface area contributed by atoms with E-state index < -0.39 is 42.4 Å². The van der Waals surface area contributed by atoms with Crippen LogP contribution in [0.4, 0.5) is 10.6 Å². The molecule has 2 saturated heterocycles. The molecule has 2 aliphatic heterocycles. The van der Waals surface area contributed by atoms with E-state index in [0.717, 1.165) is 4.57 Å². The minimum Gasteiger partial charge on any atom is -0.463 e. The van der Waals surface area contributed by atoms with Crippen LogP contribution in [0.1, 0.15) is 59.6 Å². The number of nitrogens with one attached hydrogen (secondary N) is 1. The van der Waals surface area contributed by atoms with Crippen LogP contribution in [0.15, 0.2) is 17.1 Å². The number of aromatic nitrogens is 2. The van der Waals surface area contributed by atoms with Crippen LogP contribution in [-0.4, -0.2) is 52.6 Å². The predicted octanol–water partition coefficient (Wildman–Crippen LogP) is 2.33. The van der Waals surface area contributed by atoms with Gasteiger partial charge >= 0.3 is 23.8 Å². The first kappa shape index (κ1) is 25.5. The summed E-state index contributed by atoms with van der Waals surface area (Å²) in [6, 6.07) is 1.41. The summed E-state index contributed by atoms with van der Waals surface area (Å²) < 4.78 is 22.8. The molecular weight excluding hydrogens is 450 g/mol. The van der Waals surface area contributed by atoms with Crippen molar-refractivity contribution in [1.29, 1.82) is 0 Å². The highest BCUT2D eigenvalue weighted by atomic mass is 16.8. The first-order chi connectivity index (χ1) is 16.3. The molecule has 12 heteroatoms. The van der Waals surface area contributed by atoms with Gasteiger partial charge < -0.3 is 23.8 Å². The van der Waals surface area contributed by atoms with Crippen molar-refractivity contribution < 1.29 is 38.2 Å². The largest absolute Gasteiger partial charge is 0.509 e. The Hall–Kier alpha value is -3.15. The van der Waals surface area contributed by atoms with Crippen LogP contribution < -0.4 is 11.2 Å². The first-order valence-corrected chi connectivity index (χ1v) is 11.6. The van der Waals surface area contributed by atoms with Crippen LogP contribution in [-0.2, 0) is 33.4 Å². The highest BCUT2D eigenvalue weighted by molar-refractivity contribution is 5.73. The molecule has 2 aliphatic rings. The topological polar surface area (TPSA) is 144 Å². The summed E-state index contributed by atoms with van der Waals surface area (Å²) in [7, 11) is 0. The van der Waals surface area contributed by atoms with E-state index in [0.29, 0.717) is 25.7 Å². The highest BCUT2D eigenvalue weighted by Gasteiger charge is 2.55. The van der Waals surface area contributed by atoms with E-state index in [1.54, 1.807) is 0 Å². The summed E-state index contributed by atoms with van der Waals surface area (Å²) in [4.78, 5) is 57.5. The molecule has 0 amide bonds. The molecular formula is C22H31N3O9. The second-order valence-electron chi connectivity index (χ2n) is 8.16. The number of carbonyl (C=O) groups is 3. The number of esters is 1. The van der Waals surface area contributed by atoms with Gasteiger partial charge in [-0.25, -0.2) is 19.9 Å². The Morgan fingerprint density at radius 2 is 1.65 bits per heavy atom. The number of anilines is 1. The molecule has 0 saturated carbocycles. The monoisotopic (exact) mass is 481 g/mol. The molecule has 2 fully saturated rings. The normalized spacial score (nSPS) is 23.4. The summed E-state index contributed by atoms with van der Waals surface area (Å²) in [5.74, 6) is -1.27. The molecule has 188 valence electrons. The first-order valence-electron chi connectivity index (χ1n) is 11.6. The third-order valence-corrected chi connectivity index (χ3v) is 6.14. The van der Waals surface area contributed by atoms with Gasteiger partial charge in [0.05, 0.1) is 11.8 Å². The molecule has 0 aromatic carbocycles. The van der Waals surface area contributed by atoms with E-state index in [-0.39, 0.29) is 30.2 Å². The van der Waals surface area contributed by atoms with E-state index >= 15 is 0 Å². The van der Waals surface area contributed by atoms with E-state index in [1.807, 2.05) is 27.7 Å². The summed E-state index contributed by atoms with van der Waals surface area (Å²) in [5, 5.41) is 0. The lowest BCUT2D eigenvalue weighted by Crippen LogP contribution is -2.35. The summed E-state index contributed by atoms with van der Waals surface area (Å²) in [6.45, 7) is 7.39. The van der Waals surface area contributed by atoms with Gasteiger partial charge in [-0.15, -0.1) is 0 Å². The van der Waals surface area contributed by atoms with Crippen LogP contribution in [0.2, 0.25) is 0 Å². The van der Waals surface area contributed by atoms with Gasteiger partial charge in [0, 0.05) is 12.3 Å². The van der Waals surface area contributed by atoms with Gasteiger partial charge in [0.25, 0.3) is 0 Å². The van der Waals surface area contributed by atoms with Crippen LogP contribution in [0, 0.1) is 11.8 Å². The lowest BCUT2D eigenvalue weighted by Gasteiger charge is -2.19. The molecule has 4 atom stereocenters. The molecule has 0 radical (unpaired) electrons. The maximum atomic E-state index is 12.7. The second kappa shape index (κ2) is 11.3. The summed E-state index contributed by atoms with van der Waals surface area (Å²) in [6.07, 6.45) is -0.607. The van der Waals surface area contributed by atoms with Crippen LogP contribution >= 0.6 is 0 Å². The third kappa shape index (κ3) is 5.49. The average Bonchev–Trinajstić information content (AvgIpc) is 3.35. The van der Waals surface area contributed by atoms with Crippen LogP contribution in [0.5, 0.6) is 0 Å². The number of carbonyl (C=O) groups excluding carboxylic acids is 3. The van der Waals surface area contributed by atoms with E-state index in [9.17, 15) is 19.2 Å². The fourth-order valence-electron chi connectivity index (χ4n) is 3.96. The lowest BCUT2D eigenvalue weighted by atomic mass is 10.0. The average molecular weight is 482 g/mol. The van der Waals surface area contributed by atoms with Crippen LogP contribution in [0.25, 0.3) is 0 Å². The Bertz CT molecular complexity index is 942. The third-order valence-electron chi connectivity index (χ3n) is 6.14. The molecule has 3 heterocycles. The Balaban J connectivity index is 1.68. The molecule has 1 N–H and O–H groups in total. The highest BCUT2D eigenvalue weighted by Crippen LogP contribution is 2.37. The van der Waals surface area contributed by atoms with Gasteiger partial charge in [-0.3, -0.25) is 9.36 Å². The van der Waals surface area contributed by atoms with E-state index in [4.69, 9.17) is 23.8 Å². The van der Waals surface area contributed by atoms with Crippen molar-refractivity contribution in [3.8, 4) is 0 Å². The quantitative estimate of drug-likeness (QED) is 0.282. The summed E-state index contributed by atoms with van der Waals surface area (Å²) in [5.41, 5.74) is 1.65. The number of fused-ring (bicyclic) bond motifs is 1. The standard InChI is InChI=1S/C22H31N3O9/c1-5-12(6-2)19(26)30-11-14-16-17(33-22(29)32-16)18(31-14)25-10-9-15(23-21(25)28)24-34-20(27)13(7-3)8-4/h9-10,12-14,16-18H,5-8,11H2,1-4H3,(H,23,24,28)/t14-,16-,17-,18-/m1/s1. The minimum absolute atomic E-state index is 0.0328. The Morgan fingerprint density at radius 1 is 1.03 bits per heavy atom. The van der Waals surface area contributed by atoms with Crippen LogP contribution in [0.3, 0.4) is 0 Å². The van der Waals surface area contributed by atoms with Gasteiger partial charge in [-0.1, -0.05) is 27.7 Å². The zero-order chi connectivity index (χ0) is 24.8. The maximum absolute atomic E-state index is 12.7. The molecule has 3 rings (SSSR count). The van der Waals surface area contributed by atoms with Crippen molar-refractivity contribution >= 4 is 23.9 Å². The molecule has 0 bridgehead atoms. The van der Waals surface area contributed by atoms with Gasteiger partial charge in [0.2, 0.25) is 0 Å². The molecule has 1 aromatic rings. The Labute approximate surface area is 196 Å². The maximum Gasteiger partial charge on any atom is 0.509 e. The number of rotatable bonds is 11. The number of hydrogen-bond acceptors (Lipinski definition) is 11. The molecule has 0 spiro atoms. The van der Waals surface area contributed by atoms with Crippen molar-refractivity contribution in [3.05, 3.63) is 22.7 Å².